The molecule has 2 aromatic heterocycles. The van der Waals surface area contributed by atoms with E-state index in [1.165, 1.54) is 25.7 Å². The zero-order valence-corrected chi connectivity index (χ0v) is 19.4. The van der Waals surface area contributed by atoms with Crippen molar-refractivity contribution in [1.29, 1.82) is 0 Å². The van der Waals surface area contributed by atoms with Crippen LogP contribution in [-0.4, -0.2) is 46.2 Å². The minimum absolute atomic E-state index is 0.519. The molecular formula is C23H33N7S. The van der Waals surface area contributed by atoms with Gasteiger partial charge in [0.05, 0.1) is 0 Å². The van der Waals surface area contributed by atoms with Crippen LogP contribution < -0.4 is 20.4 Å². The Balaban J connectivity index is 1.51. The largest absolute Gasteiger partial charge is 0.358 e. The number of nitrogens with zero attached hydrogens (tertiary/aromatic N) is 5. The van der Waals surface area contributed by atoms with Gasteiger partial charge in [0.25, 0.3) is 0 Å². The Hall–Kier alpha value is -2.48. The molecule has 2 aromatic rings. The monoisotopic (exact) mass is 439 g/mol. The fourth-order valence-electron chi connectivity index (χ4n) is 4.61. The van der Waals surface area contributed by atoms with Crippen molar-refractivity contribution in [2.24, 2.45) is 11.8 Å². The van der Waals surface area contributed by atoms with Crippen LogP contribution >= 0.6 is 12.2 Å². The first-order valence-corrected chi connectivity index (χ1v) is 11.8. The topological polar surface area (TPSA) is 69.2 Å². The lowest BCUT2D eigenvalue weighted by atomic mass is 9.92. The summed E-state index contributed by atoms with van der Waals surface area (Å²) in [5.74, 6) is 3.87. The highest BCUT2D eigenvalue weighted by Crippen LogP contribution is 2.29. The van der Waals surface area contributed by atoms with E-state index in [2.05, 4.69) is 45.3 Å². The van der Waals surface area contributed by atoms with E-state index in [4.69, 9.17) is 22.2 Å². The van der Waals surface area contributed by atoms with E-state index < -0.39 is 0 Å². The standard InChI is InChI=1S/C23H33N7S/c1-17-11-18(2)16-30(15-17)21-12-20(29-9-4-3-5-10-29)26-22(27-21)28-23(31)25-14-19-7-6-8-24-13-19/h6-8,12-13,17-18H,3-5,9-11,14-16H2,1-2H3,(H2,25,26,27,28,31). The first-order valence-electron chi connectivity index (χ1n) is 11.4. The number of anilines is 3. The van der Waals surface area contributed by atoms with E-state index in [9.17, 15) is 0 Å². The van der Waals surface area contributed by atoms with Crippen LogP contribution in [0.1, 0.15) is 45.1 Å². The second-order valence-electron chi connectivity index (χ2n) is 8.98. The zero-order valence-electron chi connectivity index (χ0n) is 18.5. The minimum Gasteiger partial charge on any atom is -0.358 e. The lowest BCUT2D eigenvalue weighted by Crippen LogP contribution is -2.40. The lowest BCUT2D eigenvalue weighted by Gasteiger charge is -2.36. The summed E-state index contributed by atoms with van der Waals surface area (Å²) in [4.78, 5) is 18.6. The summed E-state index contributed by atoms with van der Waals surface area (Å²) in [6.07, 6.45) is 8.59. The molecule has 31 heavy (non-hydrogen) atoms. The number of hydrogen-bond donors (Lipinski definition) is 2. The Bertz CT molecular complexity index is 859. The molecule has 2 aliphatic rings. The van der Waals surface area contributed by atoms with Crippen molar-refractivity contribution < 1.29 is 0 Å². The van der Waals surface area contributed by atoms with E-state index in [1.54, 1.807) is 6.20 Å². The molecule has 8 heteroatoms. The molecule has 2 fully saturated rings. The van der Waals surface area contributed by atoms with Crippen LogP contribution in [0.4, 0.5) is 17.6 Å². The summed E-state index contributed by atoms with van der Waals surface area (Å²) in [5, 5.41) is 6.97. The minimum atomic E-state index is 0.519. The number of nitrogens with one attached hydrogen (secondary N) is 2. The molecule has 2 unspecified atom stereocenters. The molecule has 2 atom stereocenters. The van der Waals surface area contributed by atoms with Gasteiger partial charge in [0, 0.05) is 51.2 Å². The average molecular weight is 440 g/mol. The Morgan fingerprint density at radius 1 is 1.06 bits per heavy atom. The molecule has 4 heterocycles. The maximum atomic E-state index is 5.52. The van der Waals surface area contributed by atoms with Gasteiger partial charge in [-0.25, -0.2) is 0 Å². The molecule has 0 radical (unpaired) electrons. The maximum absolute atomic E-state index is 5.52. The van der Waals surface area contributed by atoms with Crippen molar-refractivity contribution in [1.82, 2.24) is 20.3 Å². The van der Waals surface area contributed by atoms with Crippen LogP contribution in [0.25, 0.3) is 0 Å². The molecule has 0 spiro atoms. The average Bonchev–Trinajstić information content (AvgIpc) is 2.78. The van der Waals surface area contributed by atoms with Crippen molar-refractivity contribution in [3.05, 3.63) is 36.2 Å². The third kappa shape index (κ3) is 6.03. The Morgan fingerprint density at radius 2 is 1.77 bits per heavy atom. The van der Waals surface area contributed by atoms with E-state index in [1.807, 2.05) is 18.3 Å². The van der Waals surface area contributed by atoms with E-state index in [0.717, 1.165) is 43.4 Å². The number of hydrogen-bond acceptors (Lipinski definition) is 6. The molecule has 0 bridgehead atoms. The summed E-state index contributed by atoms with van der Waals surface area (Å²) in [5.41, 5.74) is 1.08. The van der Waals surface area contributed by atoms with Crippen molar-refractivity contribution in [2.45, 2.75) is 46.1 Å². The number of rotatable bonds is 5. The second-order valence-corrected chi connectivity index (χ2v) is 9.38. The van der Waals surface area contributed by atoms with Crippen LogP contribution in [0.3, 0.4) is 0 Å². The number of aromatic nitrogens is 3. The highest BCUT2D eigenvalue weighted by Gasteiger charge is 2.25. The number of piperidine rings is 2. The van der Waals surface area contributed by atoms with E-state index in [0.29, 0.717) is 29.4 Å². The zero-order chi connectivity index (χ0) is 21.6. The second kappa shape index (κ2) is 10.2. The third-order valence-corrected chi connectivity index (χ3v) is 6.22. The van der Waals surface area contributed by atoms with Gasteiger partial charge < -0.3 is 20.4 Å². The third-order valence-electron chi connectivity index (χ3n) is 5.97. The predicted octanol–water partition coefficient (Wildman–Crippen LogP) is 3.83. The summed E-state index contributed by atoms with van der Waals surface area (Å²) in [6, 6.07) is 6.10. The fourth-order valence-corrected chi connectivity index (χ4v) is 4.77. The summed E-state index contributed by atoms with van der Waals surface area (Å²) in [7, 11) is 0. The van der Waals surface area contributed by atoms with Gasteiger partial charge in [-0.2, -0.15) is 9.97 Å². The molecule has 2 aliphatic heterocycles. The first kappa shape index (κ1) is 21.7. The van der Waals surface area contributed by atoms with Gasteiger partial charge in [0.2, 0.25) is 5.95 Å². The first-order chi connectivity index (χ1) is 15.1. The van der Waals surface area contributed by atoms with Crippen LogP contribution in [-0.2, 0) is 6.54 Å². The van der Waals surface area contributed by atoms with Gasteiger partial charge in [-0.15, -0.1) is 0 Å². The molecule has 0 amide bonds. The molecular weight excluding hydrogens is 406 g/mol. The molecule has 2 saturated heterocycles. The lowest BCUT2D eigenvalue weighted by molar-refractivity contribution is 0.355. The molecule has 2 N–H and O–H groups in total. The van der Waals surface area contributed by atoms with Crippen LogP contribution in [0, 0.1) is 11.8 Å². The van der Waals surface area contributed by atoms with Crippen molar-refractivity contribution in [3.63, 3.8) is 0 Å². The van der Waals surface area contributed by atoms with Crippen LogP contribution in [0.2, 0.25) is 0 Å². The smallest absolute Gasteiger partial charge is 0.232 e. The molecule has 7 nitrogen and oxygen atoms in total. The fraction of sp³-hybridized carbons (Fsp3) is 0.565. The van der Waals surface area contributed by atoms with Crippen LogP contribution in [0.5, 0.6) is 0 Å². The molecule has 4 rings (SSSR count). The van der Waals surface area contributed by atoms with Gasteiger partial charge in [0.1, 0.15) is 11.6 Å². The van der Waals surface area contributed by atoms with Gasteiger partial charge in [-0.05, 0) is 61.4 Å². The summed E-state index contributed by atoms with van der Waals surface area (Å²) >= 11 is 5.52. The van der Waals surface area contributed by atoms with E-state index in [-0.39, 0.29) is 0 Å². The van der Waals surface area contributed by atoms with Gasteiger partial charge in [-0.3, -0.25) is 4.98 Å². The Morgan fingerprint density at radius 3 is 2.45 bits per heavy atom. The normalized spacial score (nSPS) is 21.6. The predicted molar refractivity (Wildman–Crippen MR) is 131 cm³/mol. The molecule has 0 aromatic carbocycles. The van der Waals surface area contributed by atoms with Gasteiger partial charge in [-0.1, -0.05) is 19.9 Å². The quantitative estimate of drug-likeness (QED) is 0.682. The van der Waals surface area contributed by atoms with Crippen LogP contribution in [0.15, 0.2) is 30.6 Å². The SMILES string of the molecule is CC1CC(C)CN(c2cc(N3CCCCC3)nc(NC(=S)NCc3cccnc3)n2)C1. The van der Waals surface area contributed by atoms with E-state index >= 15 is 0 Å². The van der Waals surface area contributed by atoms with Crippen molar-refractivity contribution in [2.75, 3.05) is 41.3 Å². The molecule has 166 valence electrons. The number of pyridine rings is 1. The summed E-state index contributed by atoms with van der Waals surface area (Å²) in [6.45, 7) is 9.42. The maximum Gasteiger partial charge on any atom is 0.232 e. The highest BCUT2D eigenvalue weighted by atomic mass is 32.1. The summed E-state index contributed by atoms with van der Waals surface area (Å²) < 4.78 is 0. The number of thiocarbonyl (C=S) groups is 1. The molecule has 0 saturated carbocycles. The highest BCUT2D eigenvalue weighted by molar-refractivity contribution is 7.80. The van der Waals surface area contributed by atoms with Gasteiger partial charge >= 0.3 is 0 Å². The molecule has 0 aliphatic carbocycles. The Kier molecular flexibility index (Phi) is 7.17. The van der Waals surface area contributed by atoms with Crippen molar-refractivity contribution >= 4 is 34.9 Å². The Labute approximate surface area is 190 Å². The van der Waals surface area contributed by atoms with Crippen molar-refractivity contribution in [3.8, 4) is 0 Å². The van der Waals surface area contributed by atoms with Gasteiger partial charge in [0.15, 0.2) is 5.11 Å².